The van der Waals surface area contributed by atoms with Crippen molar-refractivity contribution in [2.75, 3.05) is 19.8 Å². The highest BCUT2D eigenvalue weighted by Crippen LogP contribution is 2.07. The Bertz CT molecular complexity index is 288. The third kappa shape index (κ3) is 7.41. The van der Waals surface area contributed by atoms with Gasteiger partial charge < -0.3 is 5.73 Å². The van der Waals surface area contributed by atoms with E-state index in [1.54, 1.807) is 0 Å². The van der Waals surface area contributed by atoms with E-state index in [1.807, 2.05) is 9.80 Å². The third-order valence-corrected chi connectivity index (χ3v) is 6.21. The van der Waals surface area contributed by atoms with E-state index in [4.69, 9.17) is 0 Å². The van der Waals surface area contributed by atoms with Crippen molar-refractivity contribution in [1.82, 2.24) is 0 Å². The van der Waals surface area contributed by atoms with E-state index < -0.39 is 0 Å². The molecule has 3 heteroatoms. The largest absolute Gasteiger partial charge is 0.344 e. The summed E-state index contributed by atoms with van der Waals surface area (Å²) in [7, 11) is 0. The maximum atomic E-state index is 4.61. The van der Waals surface area contributed by atoms with E-state index in [1.165, 1.54) is 84.0 Å². The van der Waals surface area contributed by atoms with Crippen LogP contribution in [0.25, 0.3) is 0 Å². The van der Waals surface area contributed by atoms with Crippen molar-refractivity contribution in [3.05, 3.63) is 0 Å². The van der Waals surface area contributed by atoms with Crippen LogP contribution in [0, 0.1) is 0 Å². The summed E-state index contributed by atoms with van der Waals surface area (Å²) in [6, 6.07) is 1.70. The van der Waals surface area contributed by atoms with Gasteiger partial charge in [0.1, 0.15) is 13.1 Å². The number of rotatable bonds is 12. The van der Waals surface area contributed by atoms with Crippen molar-refractivity contribution < 1.29 is 15.5 Å². The zero-order valence-corrected chi connectivity index (χ0v) is 17.6. The summed E-state index contributed by atoms with van der Waals surface area (Å²) in [6.45, 7) is 15.7. The quantitative estimate of drug-likeness (QED) is 0.449. The van der Waals surface area contributed by atoms with Gasteiger partial charge in [0.2, 0.25) is 6.67 Å². The summed E-state index contributed by atoms with van der Waals surface area (Å²) >= 11 is 0. The van der Waals surface area contributed by atoms with Crippen LogP contribution in [0.15, 0.2) is 0 Å². The molecule has 0 spiro atoms. The van der Waals surface area contributed by atoms with Crippen molar-refractivity contribution in [1.29, 1.82) is 0 Å². The van der Waals surface area contributed by atoms with E-state index in [2.05, 4.69) is 40.4 Å². The molecule has 0 bridgehead atoms. The van der Waals surface area contributed by atoms with Crippen LogP contribution in [0.4, 0.5) is 0 Å². The molecule has 1 heterocycles. The minimum atomic E-state index is 0.249. The highest BCUT2D eigenvalue weighted by Gasteiger charge is 2.45. The lowest BCUT2D eigenvalue weighted by Gasteiger charge is -2.42. The molecule has 24 heavy (non-hydrogen) atoms. The predicted molar refractivity (Wildman–Crippen MR) is 104 cm³/mol. The van der Waals surface area contributed by atoms with Gasteiger partial charge in [0.15, 0.2) is 5.54 Å². The lowest BCUT2D eigenvalue weighted by atomic mass is 9.94. The van der Waals surface area contributed by atoms with Gasteiger partial charge in [-0.05, 0) is 38.5 Å². The van der Waals surface area contributed by atoms with Crippen LogP contribution in [-0.4, -0.2) is 37.4 Å². The van der Waals surface area contributed by atoms with Crippen molar-refractivity contribution in [2.24, 2.45) is 0 Å². The minimum absolute atomic E-state index is 0.249. The average Bonchev–Trinajstić information content (AvgIpc) is 2.54. The monoisotopic (exact) mass is 342 g/mol. The Morgan fingerprint density at radius 3 is 1.54 bits per heavy atom. The Morgan fingerprint density at radius 2 is 1.21 bits per heavy atom. The molecule has 0 amide bonds. The maximum absolute atomic E-state index is 4.61. The highest BCUT2D eigenvalue weighted by atomic mass is 15.4. The van der Waals surface area contributed by atoms with Crippen molar-refractivity contribution in [3.63, 3.8) is 0 Å². The zero-order chi connectivity index (χ0) is 18.0. The highest BCUT2D eigenvalue weighted by molar-refractivity contribution is 4.72. The molecule has 0 aromatic rings. The van der Waals surface area contributed by atoms with E-state index >= 15 is 0 Å². The van der Waals surface area contributed by atoms with Gasteiger partial charge in [0.05, 0.1) is 12.1 Å². The van der Waals surface area contributed by atoms with E-state index in [0.29, 0.717) is 0 Å². The minimum Gasteiger partial charge on any atom is -0.344 e. The van der Waals surface area contributed by atoms with Crippen LogP contribution in [0.1, 0.15) is 98.8 Å². The van der Waals surface area contributed by atoms with Gasteiger partial charge in [-0.3, -0.25) is 9.80 Å². The molecule has 0 aliphatic carbocycles. The first-order chi connectivity index (χ1) is 11.5. The Balaban J connectivity index is 2.69. The molecule has 1 rings (SSSR count). The molecule has 144 valence electrons. The Kier molecular flexibility index (Phi) is 10.5. The first kappa shape index (κ1) is 21.9. The van der Waals surface area contributed by atoms with Gasteiger partial charge in [-0.1, -0.05) is 53.4 Å². The number of hydrogen-bond acceptors (Lipinski definition) is 0. The van der Waals surface area contributed by atoms with Gasteiger partial charge in [-0.2, -0.15) is 0 Å². The molecule has 3 nitrogen and oxygen atoms in total. The first-order valence-corrected chi connectivity index (χ1v) is 11.0. The summed E-state index contributed by atoms with van der Waals surface area (Å²) in [5, 5.41) is 0. The van der Waals surface area contributed by atoms with Crippen molar-refractivity contribution in [3.8, 4) is 0 Å². The molecule has 0 aromatic heterocycles. The normalized spacial score (nSPS) is 30.2. The molecule has 0 saturated carbocycles. The van der Waals surface area contributed by atoms with Gasteiger partial charge in [0, 0.05) is 6.92 Å². The predicted octanol–water partition coefficient (Wildman–Crippen LogP) is 1.45. The van der Waals surface area contributed by atoms with Crippen molar-refractivity contribution >= 4 is 0 Å². The van der Waals surface area contributed by atoms with Gasteiger partial charge in [0.25, 0.3) is 0 Å². The van der Waals surface area contributed by atoms with Gasteiger partial charge >= 0.3 is 0 Å². The van der Waals surface area contributed by atoms with Crippen LogP contribution < -0.4 is 15.5 Å². The van der Waals surface area contributed by atoms with E-state index in [9.17, 15) is 0 Å². The Labute approximate surface area is 152 Å². The fourth-order valence-corrected chi connectivity index (χ4v) is 4.83. The molecule has 4 atom stereocenters. The molecule has 1 aliphatic rings. The van der Waals surface area contributed by atoms with E-state index in [0.717, 1.165) is 12.1 Å². The number of nitrogens with one attached hydrogen (secondary N) is 2. The third-order valence-electron chi connectivity index (χ3n) is 6.21. The number of hydrogen-bond donors (Lipinski definition) is 3. The lowest BCUT2D eigenvalue weighted by Crippen LogP contribution is -3.40. The smallest absolute Gasteiger partial charge is 0.205 e. The fourth-order valence-electron chi connectivity index (χ4n) is 4.83. The molecule has 2 unspecified atom stereocenters. The summed E-state index contributed by atoms with van der Waals surface area (Å²) in [5.74, 6) is 0. The van der Waals surface area contributed by atoms with Crippen LogP contribution in [0.5, 0.6) is 0 Å². The Hall–Kier alpha value is -0.120. The summed E-state index contributed by atoms with van der Waals surface area (Å²) in [4.78, 5) is 3.70. The topological polar surface area (TPSA) is 36.5 Å². The molecule has 0 radical (unpaired) electrons. The second kappa shape index (κ2) is 11.5. The van der Waals surface area contributed by atoms with Crippen LogP contribution in [-0.2, 0) is 0 Å². The molecular weight excluding hydrogens is 294 g/mol. The molecular formula is C21H48N3+3. The molecule has 1 saturated heterocycles. The number of unbranched alkanes of at least 4 members (excludes halogenated alkanes) is 4. The summed E-state index contributed by atoms with van der Waals surface area (Å²) in [5.41, 5.74) is 4.86. The first-order valence-electron chi connectivity index (χ1n) is 11.0. The standard InChI is InChI=1S/C21H45N3/c1-6-10-12-14-19(8-3)23-16-21(5,22)17-24(18-23)20(9-4)15-13-11-7-2/h19-20H,6-18,22H2,1-5H3/p+3/t19-,20-/m0/s1. The van der Waals surface area contributed by atoms with Crippen molar-refractivity contribution in [2.45, 2.75) is 116 Å². The maximum Gasteiger partial charge on any atom is 0.205 e. The SMILES string of the molecule is CCCCC[C@H](CC)[NH+]1C[NH+]([C@@H](CC)CCCCC)CC(C)([NH3+])C1. The molecule has 5 N–H and O–H groups in total. The molecule has 1 fully saturated rings. The van der Waals surface area contributed by atoms with Crippen LogP contribution in [0.3, 0.4) is 0 Å². The van der Waals surface area contributed by atoms with E-state index in [-0.39, 0.29) is 5.54 Å². The summed E-state index contributed by atoms with van der Waals surface area (Å²) in [6.07, 6.45) is 13.8. The zero-order valence-electron chi connectivity index (χ0n) is 17.6. The van der Waals surface area contributed by atoms with Crippen LogP contribution in [0.2, 0.25) is 0 Å². The lowest BCUT2D eigenvalue weighted by molar-refractivity contribution is -1.14. The average molecular weight is 343 g/mol. The molecule has 0 aromatic carbocycles. The second-order valence-electron chi connectivity index (χ2n) is 8.86. The second-order valence-corrected chi connectivity index (χ2v) is 8.86. The fraction of sp³-hybridized carbons (Fsp3) is 1.00. The Morgan fingerprint density at radius 1 is 0.792 bits per heavy atom. The van der Waals surface area contributed by atoms with Crippen LogP contribution >= 0.6 is 0 Å². The van der Waals surface area contributed by atoms with Gasteiger partial charge in [-0.25, -0.2) is 0 Å². The van der Waals surface area contributed by atoms with Gasteiger partial charge in [-0.15, -0.1) is 0 Å². The molecule has 1 aliphatic heterocycles. The number of quaternary nitrogens is 3. The summed E-state index contributed by atoms with van der Waals surface area (Å²) < 4.78 is 0.